The Labute approximate surface area is 135 Å². The van der Waals surface area contributed by atoms with Gasteiger partial charge in [0.05, 0.1) is 9.77 Å². The molecule has 0 saturated heterocycles. The summed E-state index contributed by atoms with van der Waals surface area (Å²) >= 11 is 4.09. The van der Waals surface area contributed by atoms with Crippen molar-refractivity contribution >= 4 is 52.7 Å². The van der Waals surface area contributed by atoms with Gasteiger partial charge in [-0.15, -0.1) is 23.5 Å². The Bertz CT molecular complexity index is 622. The van der Waals surface area contributed by atoms with E-state index in [0.29, 0.717) is 16.3 Å². The lowest BCUT2D eigenvalue weighted by molar-refractivity contribution is 0.0961. The van der Waals surface area contributed by atoms with Crippen LogP contribution in [0, 0.1) is 0 Å². The Balaban J connectivity index is 2.07. The maximum absolute atomic E-state index is 12.2. The van der Waals surface area contributed by atoms with E-state index in [9.17, 15) is 9.59 Å². The zero-order valence-corrected chi connectivity index (χ0v) is 13.8. The average Bonchev–Trinajstić information content (AvgIpc) is 2.91. The van der Waals surface area contributed by atoms with Gasteiger partial charge >= 0.3 is 6.03 Å². The van der Waals surface area contributed by atoms with Crippen LogP contribution < -0.4 is 10.6 Å². The van der Waals surface area contributed by atoms with Crippen LogP contribution in [0.15, 0.2) is 39.6 Å². The fourth-order valence-electron chi connectivity index (χ4n) is 1.58. The molecule has 2 aromatic rings. The molecule has 0 saturated carbocycles. The zero-order valence-electron chi connectivity index (χ0n) is 11.4. The van der Waals surface area contributed by atoms with E-state index in [4.69, 9.17) is 0 Å². The van der Waals surface area contributed by atoms with Crippen molar-refractivity contribution in [1.82, 2.24) is 9.69 Å². The molecule has 0 fully saturated rings. The summed E-state index contributed by atoms with van der Waals surface area (Å²) < 4.78 is 5.00. The second-order valence-corrected chi connectivity index (χ2v) is 6.48. The quantitative estimate of drug-likeness (QED) is 0.834. The first-order chi connectivity index (χ1) is 10.2. The van der Waals surface area contributed by atoms with Crippen LogP contribution in [0.1, 0.15) is 10.4 Å². The number of rotatable bonds is 4. The molecular weight excluding hydrogens is 326 g/mol. The van der Waals surface area contributed by atoms with Gasteiger partial charge in [-0.1, -0.05) is 18.2 Å². The summed E-state index contributed by atoms with van der Waals surface area (Å²) in [6, 6.07) is 8.39. The largest absolute Gasteiger partial charge is 0.326 e. The molecule has 0 aliphatic heterocycles. The van der Waals surface area contributed by atoms with Crippen molar-refractivity contribution in [3.8, 4) is 0 Å². The monoisotopic (exact) mass is 339 g/mol. The van der Waals surface area contributed by atoms with Crippen LogP contribution >= 0.6 is 35.1 Å². The van der Waals surface area contributed by atoms with Crippen molar-refractivity contribution in [2.75, 3.05) is 17.8 Å². The van der Waals surface area contributed by atoms with E-state index in [0.717, 1.165) is 4.21 Å². The summed E-state index contributed by atoms with van der Waals surface area (Å²) in [4.78, 5) is 24.1. The van der Waals surface area contributed by atoms with E-state index in [2.05, 4.69) is 15.0 Å². The molecule has 0 atom stereocenters. The molecule has 8 heteroatoms. The average molecular weight is 339 g/mol. The van der Waals surface area contributed by atoms with Gasteiger partial charge in [0.1, 0.15) is 5.03 Å². The van der Waals surface area contributed by atoms with Gasteiger partial charge in [-0.25, -0.2) is 4.79 Å². The van der Waals surface area contributed by atoms with Gasteiger partial charge in [-0.3, -0.25) is 10.1 Å². The van der Waals surface area contributed by atoms with Crippen molar-refractivity contribution in [3.63, 3.8) is 0 Å². The van der Waals surface area contributed by atoms with Crippen LogP contribution in [0.4, 0.5) is 10.5 Å². The highest BCUT2D eigenvalue weighted by Crippen LogP contribution is 2.32. The number of benzene rings is 1. The Hall–Kier alpha value is -1.51. The lowest BCUT2D eigenvalue weighted by Gasteiger charge is -2.07. The van der Waals surface area contributed by atoms with Crippen molar-refractivity contribution in [2.24, 2.45) is 0 Å². The minimum absolute atomic E-state index is 0.439. The molecule has 5 nitrogen and oxygen atoms in total. The highest BCUT2D eigenvalue weighted by molar-refractivity contribution is 8.01. The van der Waals surface area contributed by atoms with E-state index in [-0.39, 0.29) is 0 Å². The van der Waals surface area contributed by atoms with E-state index in [1.165, 1.54) is 35.1 Å². The number of aromatic nitrogens is 1. The number of hydrogen-bond acceptors (Lipinski definition) is 6. The highest BCUT2D eigenvalue weighted by Gasteiger charge is 2.21. The number of urea groups is 1. The second kappa shape index (κ2) is 7.48. The molecule has 3 amide bonds. The van der Waals surface area contributed by atoms with Crippen LogP contribution in [0.5, 0.6) is 0 Å². The standard InChI is InChI=1S/C13H13N3O2S3/c1-19-11-9(12(20-2)21-16-11)10(17)15-13(18)14-8-6-4-3-5-7-8/h3-7H,1-2H3,(H2,14,15,17,18). The second-order valence-electron chi connectivity index (χ2n) is 3.83. The summed E-state index contributed by atoms with van der Waals surface area (Å²) in [6.07, 6.45) is 3.72. The van der Waals surface area contributed by atoms with Crippen molar-refractivity contribution in [3.05, 3.63) is 35.9 Å². The Morgan fingerprint density at radius 2 is 1.86 bits per heavy atom. The topological polar surface area (TPSA) is 71.1 Å². The third-order valence-electron chi connectivity index (χ3n) is 2.49. The van der Waals surface area contributed by atoms with Gasteiger partial charge in [-0.2, -0.15) is 4.37 Å². The summed E-state index contributed by atoms with van der Waals surface area (Å²) in [5.74, 6) is -0.439. The highest BCUT2D eigenvalue weighted by atomic mass is 32.2. The Kier molecular flexibility index (Phi) is 5.66. The molecule has 2 rings (SSSR count). The molecule has 21 heavy (non-hydrogen) atoms. The summed E-state index contributed by atoms with van der Waals surface area (Å²) in [7, 11) is 0. The smallest absolute Gasteiger partial charge is 0.308 e. The number of hydrogen-bond donors (Lipinski definition) is 2. The number of anilines is 1. The van der Waals surface area contributed by atoms with Crippen molar-refractivity contribution < 1.29 is 9.59 Å². The molecule has 110 valence electrons. The molecule has 2 N–H and O–H groups in total. The summed E-state index contributed by atoms with van der Waals surface area (Å²) in [6.45, 7) is 0. The van der Waals surface area contributed by atoms with Gasteiger partial charge in [0.25, 0.3) is 5.91 Å². The molecular formula is C13H13N3O2S3. The molecule has 0 bridgehead atoms. The molecule has 1 heterocycles. The van der Waals surface area contributed by atoms with Crippen LogP contribution in [0.3, 0.4) is 0 Å². The number of thioether (sulfide) groups is 2. The van der Waals surface area contributed by atoms with E-state index >= 15 is 0 Å². The number of nitrogens with zero attached hydrogens (tertiary/aromatic N) is 1. The molecule has 1 aromatic heterocycles. The molecule has 1 aromatic carbocycles. The molecule has 0 spiro atoms. The van der Waals surface area contributed by atoms with E-state index < -0.39 is 11.9 Å². The number of amides is 3. The number of carbonyl (C=O) groups excluding carboxylic acids is 2. The van der Waals surface area contributed by atoms with Crippen LogP contribution in [-0.2, 0) is 0 Å². The zero-order chi connectivity index (χ0) is 15.2. The SMILES string of the molecule is CSc1nsc(SC)c1C(=O)NC(=O)Nc1ccccc1. The number of para-hydroxylation sites is 1. The van der Waals surface area contributed by atoms with E-state index in [1.54, 1.807) is 24.3 Å². The molecule has 0 radical (unpaired) electrons. The maximum atomic E-state index is 12.2. The van der Waals surface area contributed by atoms with Gasteiger partial charge < -0.3 is 5.32 Å². The number of carbonyl (C=O) groups is 2. The first-order valence-corrected chi connectivity index (χ1v) is 9.13. The van der Waals surface area contributed by atoms with Crippen LogP contribution in [0.2, 0.25) is 0 Å². The Morgan fingerprint density at radius 3 is 2.48 bits per heavy atom. The predicted octanol–water partition coefficient (Wildman–Crippen LogP) is 3.55. The number of nitrogens with one attached hydrogen (secondary N) is 2. The van der Waals surface area contributed by atoms with Gasteiger partial charge in [0, 0.05) is 5.69 Å². The third kappa shape index (κ3) is 3.99. The van der Waals surface area contributed by atoms with E-state index in [1.807, 2.05) is 18.6 Å². The number of imide groups is 1. The minimum Gasteiger partial charge on any atom is -0.308 e. The lowest BCUT2D eigenvalue weighted by Crippen LogP contribution is -2.34. The molecule has 0 aliphatic rings. The fourth-order valence-corrected chi connectivity index (χ4v) is 3.86. The lowest BCUT2D eigenvalue weighted by atomic mass is 10.3. The minimum atomic E-state index is -0.559. The molecule has 0 unspecified atom stereocenters. The molecule has 0 aliphatic carbocycles. The van der Waals surface area contributed by atoms with Crippen molar-refractivity contribution in [2.45, 2.75) is 9.24 Å². The summed E-state index contributed by atoms with van der Waals surface area (Å²) in [5.41, 5.74) is 1.09. The summed E-state index contributed by atoms with van der Waals surface area (Å²) in [5, 5.41) is 5.57. The van der Waals surface area contributed by atoms with Crippen molar-refractivity contribution in [1.29, 1.82) is 0 Å². The maximum Gasteiger partial charge on any atom is 0.326 e. The van der Waals surface area contributed by atoms with Gasteiger partial charge in [0.2, 0.25) is 0 Å². The van der Waals surface area contributed by atoms with Gasteiger partial charge in [0.15, 0.2) is 0 Å². The first kappa shape index (κ1) is 15.9. The predicted molar refractivity (Wildman–Crippen MR) is 88.6 cm³/mol. The van der Waals surface area contributed by atoms with Crippen LogP contribution in [-0.4, -0.2) is 28.8 Å². The van der Waals surface area contributed by atoms with Crippen LogP contribution in [0.25, 0.3) is 0 Å². The first-order valence-electron chi connectivity index (χ1n) is 5.90. The fraction of sp³-hybridized carbons (Fsp3) is 0.154. The van der Waals surface area contributed by atoms with Gasteiger partial charge in [-0.05, 0) is 36.2 Å². The Morgan fingerprint density at radius 1 is 1.14 bits per heavy atom. The third-order valence-corrected chi connectivity index (χ3v) is 5.23. The normalized spacial score (nSPS) is 10.2.